The largest absolute Gasteiger partial charge is 2.00 e. The second-order valence-corrected chi connectivity index (χ2v) is 4.05. The van der Waals surface area contributed by atoms with E-state index in [1.807, 2.05) is 31.2 Å². The molecule has 1 N–H and O–H groups in total. The van der Waals surface area contributed by atoms with Gasteiger partial charge in [-0.15, -0.1) is 0 Å². The monoisotopic (exact) mass is 234 g/mol. The van der Waals surface area contributed by atoms with Crippen LogP contribution in [0, 0.1) is 6.92 Å². The standard InChI is InChI=1S/C14H11NO2.Be/c1-9-6-7-13-11(8-9)15-14(17-13)10-4-2-3-5-12(10)16;/h2-8,16H,1H3;/q;+2. The number of H-pyrrole nitrogens is 1. The van der Waals surface area contributed by atoms with Crippen molar-refractivity contribution in [2.24, 2.45) is 0 Å². The fourth-order valence-corrected chi connectivity index (χ4v) is 1.86. The van der Waals surface area contributed by atoms with Gasteiger partial charge in [-0.1, -0.05) is 30.0 Å². The summed E-state index contributed by atoms with van der Waals surface area (Å²) in [4.78, 5) is 3.13. The molecule has 0 aliphatic carbocycles. The molecule has 18 heavy (non-hydrogen) atoms. The second kappa shape index (κ2) is 4.63. The van der Waals surface area contributed by atoms with E-state index in [1.165, 1.54) is 6.07 Å². The number of hydrogen-bond donors (Lipinski definition) is 0. The molecule has 4 heteroatoms. The van der Waals surface area contributed by atoms with Crippen molar-refractivity contribution in [3.63, 3.8) is 0 Å². The van der Waals surface area contributed by atoms with Gasteiger partial charge < -0.3 is 9.52 Å². The minimum absolute atomic E-state index is 0. The van der Waals surface area contributed by atoms with Crippen LogP contribution in [0.3, 0.4) is 0 Å². The zero-order chi connectivity index (χ0) is 11.8. The molecular formula is C14H11BeNO2+2. The van der Waals surface area contributed by atoms with E-state index < -0.39 is 0 Å². The van der Waals surface area contributed by atoms with Crippen LogP contribution in [0.5, 0.6) is 5.75 Å². The maximum Gasteiger partial charge on any atom is 2.00 e. The Morgan fingerprint density at radius 2 is 1.89 bits per heavy atom. The Bertz CT molecular complexity index is 691. The van der Waals surface area contributed by atoms with Crippen LogP contribution in [0.4, 0.5) is 0 Å². The summed E-state index contributed by atoms with van der Waals surface area (Å²) in [6.45, 7) is 2.02. The molecule has 0 atom stereocenters. The number of hydrogen-bond acceptors (Lipinski definition) is 2. The Balaban J connectivity index is 0.00000120. The normalized spacial score (nSPS) is 10.3. The van der Waals surface area contributed by atoms with Crippen LogP contribution < -0.4 is 10.1 Å². The minimum atomic E-state index is -0.0421. The van der Waals surface area contributed by atoms with Gasteiger partial charge >= 0.3 is 16.0 Å². The maximum atomic E-state index is 11.7. The van der Waals surface area contributed by atoms with Gasteiger partial charge in [0.15, 0.2) is 0 Å². The molecule has 3 nitrogen and oxygen atoms in total. The summed E-state index contributed by atoms with van der Waals surface area (Å²) in [6.07, 6.45) is 0. The van der Waals surface area contributed by atoms with Gasteiger partial charge in [-0.05, 0) is 24.6 Å². The summed E-state index contributed by atoms with van der Waals surface area (Å²) in [7, 11) is 0. The quantitative estimate of drug-likeness (QED) is 0.604. The fourth-order valence-electron chi connectivity index (χ4n) is 1.86. The van der Waals surface area contributed by atoms with E-state index >= 15 is 0 Å². The average Bonchev–Trinajstić information content (AvgIpc) is 2.72. The number of rotatable bonds is 1. The molecule has 0 saturated carbocycles. The Labute approximate surface area is 108 Å². The molecule has 0 spiro atoms. The van der Waals surface area contributed by atoms with E-state index in [4.69, 9.17) is 4.42 Å². The number of para-hydroxylation sites is 1. The first-order valence-electron chi connectivity index (χ1n) is 5.43. The summed E-state index contributed by atoms with van der Waals surface area (Å²) < 4.78 is 5.63. The molecule has 0 aliphatic heterocycles. The Kier molecular flexibility index (Phi) is 3.17. The van der Waals surface area contributed by atoms with Gasteiger partial charge in [-0.3, -0.25) is 0 Å². The molecule has 1 heterocycles. The Hall–Kier alpha value is -2.12. The predicted octanol–water partition coefficient (Wildman–Crippen LogP) is 1.92. The zero-order valence-corrected chi connectivity index (χ0v) is 10.1. The number of aromatic nitrogens is 1. The third kappa shape index (κ3) is 2.01. The first kappa shape index (κ1) is 12.3. The summed E-state index contributed by atoms with van der Waals surface area (Å²) in [5.41, 5.74) is 3.37. The number of oxazole rings is 1. The third-order valence-electron chi connectivity index (χ3n) is 2.73. The molecule has 0 aliphatic rings. The van der Waals surface area contributed by atoms with E-state index in [-0.39, 0.29) is 15.9 Å². The van der Waals surface area contributed by atoms with Crippen LogP contribution >= 0.6 is 0 Å². The molecule has 0 unspecified atom stereocenters. The maximum absolute atomic E-state index is 11.7. The van der Waals surface area contributed by atoms with Crippen LogP contribution in [0.15, 0.2) is 46.9 Å². The second-order valence-electron chi connectivity index (χ2n) is 4.05. The smallest absolute Gasteiger partial charge is 0.872 e. The van der Waals surface area contributed by atoms with Crippen LogP contribution in [0.2, 0.25) is 0 Å². The molecule has 1 aromatic heterocycles. The number of benzene rings is 2. The minimum Gasteiger partial charge on any atom is -0.872 e. The van der Waals surface area contributed by atoms with Crippen molar-refractivity contribution in [2.75, 3.05) is 0 Å². The number of aromatic amines is 1. The van der Waals surface area contributed by atoms with Crippen molar-refractivity contribution in [1.29, 1.82) is 0 Å². The van der Waals surface area contributed by atoms with Crippen LogP contribution in [0.25, 0.3) is 22.6 Å². The molecule has 0 amide bonds. The summed E-state index contributed by atoms with van der Waals surface area (Å²) in [6, 6.07) is 12.7. The SMILES string of the molecule is Cc1ccc2oc(-c3ccccc3[O-])[nH+]c2c1.[Be+2]. The van der Waals surface area contributed by atoms with Crippen LogP contribution in [0.1, 0.15) is 5.56 Å². The molecule has 3 rings (SSSR count). The summed E-state index contributed by atoms with van der Waals surface area (Å²) in [5, 5.41) is 11.7. The number of nitrogens with one attached hydrogen (secondary N) is 1. The third-order valence-corrected chi connectivity index (χ3v) is 2.73. The number of aryl methyl sites for hydroxylation is 1. The molecular weight excluding hydrogens is 223 g/mol. The molecule has 3 aromatic rings. The van der Waals surface area contributed by atoms with Gasteiger partial charge in [0, 0.05) is 6.07 Å². The predicted molar refractivity (Wildman–Crippen MR) is 68.1 cm³/mol. The van der Waals surface area contributed by atoms with Gasteiger partial charge in [0.2, 0.25) is 11.1 Å². The molecule has 84 valence electrons. The fraction of sp³-hybridized carbons (Fsp3) is 0.0714. The zero-order valence-electron chi connectivity index (χ0n) is 10.1. The van der Waals surface area contributed by atoms with E-state index in [1.54, 1.807) is 12.1 Å². The van der Waals surface area contributed by atoms with E-state index in [0.717, 1.165) is 16.7 Å². The van der Waals surface area contributed by atoms with E-state index in [2.05, 4.69) is 4.98 Å². The van der Waals surface area contributed by atoms with Crippen LogP contribution in [-0.4, -0.2) is 10.1 Å². The molecule has 0 saturated heterocycles. The van der Waals surface area contributed by atoms with Crippen molar-refractivity contribution >= 4 is 21.2 Å². The van der Waals surface area contributed by atoms with E-state index in [0.29, 0.717) is 11.5 Å². The van der Waals surface area contributed by atoms with Gasteiger partial charge in [0.05, 0.1) is 5.56 Å². The Morgan fingerprint density at radius 1 is 1.11 bits per heavy atom. The average molecular weight is 234 g/mol. The van der Waals surface area contributed by atoms with Crippen molar-refractivity contribution in [3.8, 4) is 17.2 Å². The topological polar surface area (TPSA) is 50.3 Å². The molecule has 0 bridgehead atoms. The summed E-state index contributed by atoms with van der Waals surface area (Å²) in [5.74, 6) is 0.468. The van der Waals surface area contributed by atoms with Crippen molar-refractivity contribution < 1.29 is 14.5 Å². The van der Waals surface area contributed by atoms with Gasteiger partial charge in [-0.25, -0.2) is 0 Å². The first-order chi connectivity index (χ1) is 8.24. The molecule has 2 aromatic carbocycles. The van der Waals surface area contributed by atoms with Crippen molar-refractivity contribution in [3.05, 3.63) is 48.0 Å². The molecule has 0 radical (unpaired) electrons. The van der Waals surface area contributed by atoms with Gasteiger partial charge in [0.25, 0.3) is 0 Å². The summed E-state index contributed by atoms with van der Waals surface area (Å²) >= 11 is 0. The van der Waals surface area contributed by atoms with Gasteiger partial charge in [-0.2, -0.15) is 4.98 Å². The number of fused-ring (bicyclic) bond motifs is 1. The first-order valence-corrected chi connectivity index (χ1v) is 5.43. The molecule has 0 fully saturated rings. The van der Waals surface area contributed by atoms with Crippen LogP contribution in [-0.2, 0) is 0 Å². The Morgan fingerprint density at radius 3 is 2.67 bits per heavy atom. The van der Waals surface area contributed by atoms with Crippen molar-refractivity contribution in [2.45, 2.75) is 6.92 Å². The van der Waals surface area contributed by atoms with Gasteiger partial charge in [0.1, 0.15) is 0 Å². The van der Waals surface area contributed by atoms with E-state index in [9.17, 15) is 5.11 Å². The van der Waals surface area contributed by atoms with Crippen molar-refractivity contribution in [1.82, 2.24) is 0 Å².